The van der Waals surface area contributed by atoms with Crippen molar-refractivity contribution >= 4 is 29.0 Å². The van der Waals surface area contributed by atoms with E-state index in [-0.39, 0.29) is 12.2 Å². The van der Waals surface area contributed by atoms with Crippen LogP contribution in [0, 0.1) is 0 Å². The smallest absolute Gasteiger partial charge is 0.207 e. The van der Waals surface area contributed by atoms with Crippen LogP contribution in [0.4, 0.5) is 0 Å². The molecule has 1 aromatic carbocycles. The molecule has 5 nitrogen and oxygen atoms in total. The van der Waals surface area contributed by atoms with E-state index in [0.29, 0.717) is 6.61 Å². The number of hydrogen-bond acceptors (Lipinski definition) is 5. The van der Waals surface area contributed by atoms with Crippen molar-refractivity contribution < 1.29 is 23.7 Å². The van der Waals surface area contributed by atoms with Gasteiger partial charge < -0.3 is 18.9 Å². The predicted octanol–water partition coefficient (Wildman–Crippen LogP) is 2.97. The van der Waals surface area contributed by atoms with Crippen molar-refractivity contribution in [2.75, 3.05) is 0 Å². The minimum absolute atomic E-state index is 0.0829. The van der Waals surface area contributed by atoms with Crippen molar-refractivity contribution in [1.29, 1.82) is 0 Å². The van der Waals surface area contributed by atoms with Crippen LogP contribution in [0.25, 0.3) is 0 Å². The molecule has 7 heteroatoms. The van der Waals surface area contributed by atoms with Crippen molar-refractivity contribution in [2.45, 2.75) is 61.1 Å². The predicted molar refractivity (Wildman–Crippen MR) is 86.7 cm³/mol. The van der Waals surface area contributed by atoms with E-state index in [9.17, 15) is 4.79 Å². The minimum atomic E-state index is -1.66. The third-order valence-electron chi connectivity index (χ3n) is 4.75. The van der Waals surface area contributed by atoms with Crippen molar-refractivity contribution in [3.8, 4) is 0 Å². The lowest BCUT2D eigenvalue weighted by molar-refractivity contribution is -0.256. The highest BCUT2D eigenvalue weighted by atomic mass is 35.5. The van der Waals surface area contributed by atoms with Crippen LogP contribution in [0.1, 0.15) is 25.8 Å². The van der Waals surface area contributed by atoms with Crippen molar-refractivity contribution in [3.63, 3.8) is 0 Å². The van der Waals surface area contributed by atoms with Gasteiger partial charge in [-0.3, -0.25) is 4.79 Å². The largest absolute Gasteiger partial charge is 0.367 e. The van der Waals surface area contributed by atoms with Gasteiger partial charge in [-0.05, 0) is 19.4 Å². The molecule has 1 unspecified atom stereocenters. The van der Waals surface area contributed by atoms with Crippen LogP contribution in [0.15, 0.2) is 30.3 Å². The maximum absolute atomic E-state index is 11.9. The maximum atomic E-state index is 11.9. The molecule has 3 aliphatic rings. The number of rotatable bonds is 3. The first kappa shape index (κ1) is 16.8. The minimum Gasteiger partial charge on any atom is -0.367 e. The van der Waals surface area contributed by atoms with E-state index in [2.05, 4.69) is 0 Å². The Morgan fingerprint density at radius 2 is 1.88 bits per heavy atom. The molecule has 1 spiro atoms. The fourth-order valence-electron chi connectivity index (χ4n) is 3.57. The molecule has 0 N–H and O–H groups in total. The summed E-state index contributed by atoms with van der Waals surface area (Å²) >= 11 is 12.6. The van der Waals surface area contributed by atoms with Crippen LogP contribution >= 0.6 is 23.2 Å². The second-order valence-corrected chi connectivity index (χ2v) is 8.19. The monoisotopic (exact) mass is 372 g/mol. The summed E-state index contributed by atoms with van der Waals surface area (Å²) in [6.45, 7) is 3.94. The Balaban J connectivity index is 1.60. The number of Topliss-reactive ketones (excluding diaryl/α,β-unsaturated/α-hetero) is 1. The average molecular weight is 373 g/mol. The van der Waals surface area contributed by atoms with Crippen LogP contribution < -0.4 is 0 Å². The molecule has 0 radical (unpaired) electrons. The molecular formula is C17H18Cl2O5. The van der Waals surface area contributed by atoms with E-state index in [4.69, 9.17) is 42.1 Å². The van der Waals surface area contributed by atoms with Gasteiger partial charge in [0.05, 0.1) is 6.61 Å². The second-order valence-electron chi connectivity index (χ2n) is 6.87. The van der Waals surface area contributed by atoms with Crippen molar-refractivity contribution in [3.05, 3.63) is 35.9 Å². The summed E-state index contributed by atoms with van der Waals surface area (Å²) in [5, 5.41) is 0. The van der Waals surface area contributed by atoms with E-state index in [1.54, 1.807) is 13.8 Å². The molecule has 24 heavy (non-hydrogen) atoms. The molecule has 2 heterocycles. The molecule has 1 aromatic rings. The van der Waals surface area contributed by atoms with Crippen LogP contribution in [-0.2, 0) is 30.3 Å². The third-order valence-corrected chi connectivity index (χ3v) is 5.81. The van der Waals surface area contributed by atoms with Crippen LogP contribution in [-0.4, -0.2) is 40.0 Å². The molecule has 4 atom stereocenters. The van der Waals surface area contributed by atoms with E-state index >= 15 is 0 Å². The Labute approximate surface area is 150 Å². The van der Waals surface area contributed by atoms with Gasteiger partial charge in [0, 0.05) is 6.42 Å². The summed E-state index contributed by atoms with van der Waals surface area (Å²) in [6, 6.07) is 9.71. The number of ketones is 1. The van der Waals surface area contributed by atoms with E-state index in [0.717, 1.165) is 5.56 Å². The number of ether oxygens (including phenoxy) is 4. The van der Waals surface area contributed by atoms with Gasteiger partial charge in [-0.25, -0.2) is 0 Å². The van der Waals surface area contributed by atoms with Gasteiger partial charge in [0.25, 0.3) is 0 Å². The first-order valence-electron chi connectivity index (χ1n) is 7.85. The second kappa shape index (κ2) is 5.40. The molecule has 2 aliphatic heterocycles. The Morgan fingerprint density at radius 3 is 2.50 bits per heavy atom. The lowest BCUT2D eigenvalue weighted by atomic mass is 9.73. The summed E-state index contributed by atoms with van der Waals surface area (Å²) < 4.78 is 22.1. The Hall–Kier alpha value is -0.690. The van der Waals surface area contributed by atoms with Crippen LogP contribution in [0.3, 0.4) is 0 Å². The van der Waals surface area contributed by atoms with Crippen LogP contribution in [0.5, 0.6) is 0 Å². The molecule has 4 rings (SSSR count). The van der Waals surface area contributed by atoms with Gasteiger partial charge in [-0.15, -0.1) is 0 Å². The third kappa shape index (κ3) is 2.34. The van der Waals surface area contributed by atoms with E-state index in [1.807, 2.05) is 30.3 Å². The lowest BCUT2D eigenvalue weighted by Gasteiger charge is -2.50. The lowest BCUT2D eigenvalue weighted by Crippen LogP contribution is -2.70. The summed E-state index contributed by atoms with van der Waals surface area (Å²) in [7, 11) is 0. The van der Waals surface area contributed by atoms with Gasteiger partial charge in [0.2, 0.25) is 4.33 Å². The molecule has 1 saturated carbocycles. The molecule has 0 aromatic heterocycles. The first-order valence-corrected chi connectivity index (χ1v) is 8.61. The standard InChI is InChI=1S/C17H18Cl2O5/c1-15(2)22-12-13(21-9-10-6-4-3-5-7-10)16(24-14(12)23-15)8-11(20)17(16,18)19/h3-7,12-14H,8-9H2,1-2H3/t12-,13-,14+,16?/m1/s1. The van der Waals surface area contributed by atoms with Crippen molar-refractivity contribution in [1.82, 2.24) is 0 Å². The highest BCUT2D eigenvalue weighted by Crippen LogP contribution is 2.60. The number of hydrogen-bond donors (Lipinski definition) is 0. The van der Waals surface area contributed by atoms with Gasteiger partial charge in [0.15, 0.2) is 17.9 Å². The molecule has 3 fully saturated rings. The Bertz CT molecular complexity index is 662. The van der Waals surface area contributed by atoms with Crippen molar-refractivity contribution in [2.24, 2.45) is 0 Å². The van der Waals surface area contributed by atoms with Gasteiger partial charge in [0.1, 0.15) is 17.8 Å². The quantitative estimate of drug-likeness (QED) is 0.763. The van der Waals surface area contributed by atoms with E-state index in [1.165, 1.54) is 0 Å². The maximum Gasteiger partial charge on any atom is 0.207 e. The van der Waals surface area contributed by atoms with Gasteiger partial charge in [-0.1, -0.05) is 53.5 Å². The number of alkyl halides is 2. The summed E-state index contributed by atoms with van der Waals surface area (Å²) in [4.78, 5) is 11.9. The molecule has 130 valence electrons. The molecule has 1 aliphatic carbocycles. The summed E-state index contributed by atoms with van der Waals surface area (Å²) in [5.41, 5.74) is -0.150. The van der Waals surface area contributed by atoms with Crippen LogP contribution in [0.2, 0.25) is 0 Å². The number of carbonyl (C=O) groups is 1. The fraction of sp³-hybridized carbons (Fsp3) is 0.588. The molecular weight excluding hydrogens is 355 g/mol. The molecule has 2 saturated heterocycles. The zero-order chi connectivity index (χ0) is 17.2. The number of fused-ring (bicyclic) bond motifs is 1. The number of benzene rings is 1. The average Bonchev–Trinajstić information content (AvgIpc) is 2.97. The number of halogens is 2. The molecule has 0 bridgehead atoms. The zero-order valence-corrected chi connectivity index (χ0v) is 14.8. The Kier molecular flexibility index (Phi) is 3.77. The number of carbonyl (C=O) groups excluding carboxylic acids is 1. The first-order chi connectivity index (χ1) is 11.3. The van der Waals surface area contributed by atoms with Gasteiger partial charge >= 0.3 is 0 Å². The SMILES string of the molecule is CC1(C)O[C@H]2OC3(CC(=O)C3(Cl)Cl)[C@H](OCc3ccccc3)[C@H]2O1. The fourth-order valence-corrected chi connectivity index (χ4v) is 4.14. The highest BCUT2D eigenvalue weighted by molar-refractivity contribution is 6.61. The highest BCUT2D eigenvalue weighted by Gasteiger charge is 2.77. The topological polar surface area (TPSA) is 54.0 Å². The summed E-state index contributed by atoms with van der Waals surface area (Å²) in [6.07, 6.45) is -1.67. The van der Waals surface area contributed by atoms with E-state index < -0.39 is 34.2 Å². The molecule has 0 amide bonds. The normalized spacial score (nSPS) is 39.0. The zero-order valence-electron chi connectivity index (χ0n) is 13.3. The van der Waals surface area contributed by atoms with Gasteiger partial charge in [-0.2, -0.15) is 0 Å². The summed E-state index contributed by atoms with van der Waals surface area (Å²) in [5.74, 6) is -1.07. The Morgan fingerprint density at radius 1 is 1.17 bits per heavy atom.